The molecular formula is C15H14BrFO3. The Morgan fingerprint density at radius 1 is 1.10 bits per heavy atom. The Morgan fingerprint density at radius 2 is 1.70 bits per heavy atom. The standard InChI is InChI=1S/C15H14BrFO3/c1-19-12-4-3-5-13(20-2)14(12)15(18)10-7-6-9(17)8-11(10)16/h3-8,15,18H,1-2H3. The molecule has 0 aliphatic rings. The van der Waals surface area contributed by atoms with Gasteiger partial charge in [-0.05, 0) is 29.8 Å². The molecule has 1 N–H and O–H groups in total. The van der Waals surface area contributed by atoms with Gasteiger partial charge in [0.2, 0.25) is 0 Å². The van der Waals surface area contributed by atoms with E-state index in [4.69, 9.17) is 9.47 Å². The van der Waals surface area contributed by atoms with Gasteiger partial charge in [-0.3, -0.25) is 0 Å². The van der Waals surface area contributed by atoms with Crippen LogP contribution in [0.2, 0.25) is 0 Å². The first-order valence-corrected chi connectivity index (χ1v) is 6.71. The van der Waals surface area contributed by atoms with Crippen LogP contribution in [0.3, 0.4) is 0 Å². The lowest BCUT2D eigenvalue weighted by Gasteiger charge is -2.19. The summed E-state index contributed by atoms with van der Waals surface area (Å²) in [4.78, 5) is 0. The van der Waals surface area contributed by atoms with Gasteiger partial charge in [-0.2, -0.15) is 0 Å². The zero-order valence-electron chi connectivity index (χ0n) is 11.1. The Hall–Kier alpha value is -1.59. The first kappa shape index (κ1) is 14.8. The van der Waals surface area contributed by atoms with Gasteiger partial charge in [0.25, 0.3) is 0 Å². The third kappa shape index (κ3) is 2.78. The minimum absolute atomic E-state index is 0.375. The van der Waals surface area contributed by atoms with Crippen LogP contribution in [0, 0.1) is 5.82 Å². The molecule has 0 fully saturated rings. The van der Waals surface area contributed by atoms with E-state index < -0.39 is 6.10 Å². The number of halogens is 2. The van der Waals surface area contributed by atoms with Gasteiger partial charge in [0, 0.05) is 4.47 Å². The molecule has 0 aliphatic heterocycles. The average Bonchev–Trinajstić information content (AvgIpc) is 2.45. The van der Waals surface area contributed by atoms with Crippen LogP contribution in [0.1, 0.15) is 17.2 Å². The number of methoxy groups -OCH3 is 2. The number of aliphatic hydroxyl groups is 1. The van der Waals surface area contributed by atoms with Crippen LogP contribution in [-0.4, -0.2) is 19.3 Å². The van der Waals surface area contributed by atoms with Crippen molar-refractivity contribution in [3.63, 3.8) is 0 Å². The molecule has 3 nitrogen and oxygen atoms in total. The summed E-state index contributed by atoms with van der Waals surface area (Å²) in [6.07, 6.45) is -0.990. The van der Waals surface area contributed by atoms with E-state index >= 15 is 0 Å². The molecule has 0 saturated heterocycles. The topological polar surface area (TPSA) is 38.7 Å². The van der Waals surface area contributed by atoms with E-state index in [1.807, 2.05) is 0 Å². The highest BCUT2D eigenvalue weighted by molar-refractivity contribution is 9.10. The van der Waals surface area contributed by atoms with E-state index in [0.717, 1.165) is 0 Å². The molecular weight excluding hydrogens is 327 g/mol. The van der Waals surface area contributed by atoms with E-state index in [0.29, 0.717) is 27.1 Å². The fourth-order valence-electron chi connectivity index (χ4n) is 2.03. The molecule has 1 unspecified atom stereocenters. The molecule has 5 heteroatoms. The van der Waals surface area contributed by atoms with Crippen molar-refractivity contribution in [2.45, 2.75) is 6.10 Å². The normalized spacial score (nSPS) is 12.1. The van der Waals surface area contributed by atoms with E-state index in [2.05, 4.69) is 15.9 Å². The summed E-state index contributed by atoms with van der Waals surface area (Å²) in [6, 6.07) is 9.37. The first-order valence-electron chi connectivity index (χ1n) is 5.92. The Morgan fingerprint density at radius 3 is 2.20 bits per heavy atom. The molecule has 2 aromatic carbocycles. The Labute approximate surface area is 125 Å². The van der Waals surface area contributed by atoms with E-state index in [1.165, 1.54) is 32.4 Å². The molecule has 2 rings (SSSR count). The summed E-state index contributed by atoms with van der Waals surface area (Å²) in [7, 11) is 3.04. The third-order valence-electron chi connectivity index (χ3n) is 3.00. The first-order chi connectivity index (χ1) is 9.58. The van der Waals surface area contributed by atoms with Crippen molar-refractivity contribution in [1.82, 2.24) is 0 Å². The summed E-state index contributed by atoms with van der Waals surface area (Å²) < 4.78 is 24.2. The Kier molecular flexibility index (Phi) is 4.62. The molecule has 0 heterocycles. The van der Waals surface area contributed by atoms with Crippen molar-refractivity contribution in [2.75, 3.05) is 14.2 Å². The second kappa shape index (κ2) is 6.24. The molecule has 0 spiro atoms. The van der Waals surface area contributed by atoms with Crippen molar-refractivity contribution in [3.8, 4) is 11.5 Å². The highest BCUT2D eigenvalue weighted by atomic mass is 79.9. The van der Waals surface area contributed by atoms with Crippen molar-refractivity contribution >= 4 is 15.9 Å². The lowest BCUT2D eigenvalue weighted by atomic mass is 9.99. The second-order valence-electron chi connectivity index (χ2n) is 4.14. The molecule has 0 aromatic heterocycles. The SMILES string of the molecule is COc1cccc(OC)c1C(O)c1ccc(F)cc1Br. The number of benzene rings is 2. The predicted octanol–water partition coefficient (Wildman–Crippen LogP) is 3.69. The van der Waals surface area contributed by atoms with Gasteiger partial charge in [-0.15, -0.1) is 0 Å². The van der Waals surface area contributed by atoms with Crippen LogP contribution >= 0.6 is 15.9 Å². The minimum Gasteiger partial charge on any atom is -0.496 e. The van der Waals surface area contributed by atoms with Crippen LogP contribution in [0.15, 0.2) is 40.9 Å². The Balaban J connectivity index is 2.55. The highest BCUT2D eigenvalue weighted by Crippen LogP contribution is 2.39. The number of aliphatic hydroxyl groups excluding tert-OH is 1. The van der Waals surface area contributed by atoms with Crippen molar-refractivity contribution in [2.24, 2.45) is 0 Å². The average molecular weight is 341 g/mol. The molecule has 0 amide bonds. The maximum atomic E-state index is 13.1. The van der Waals surface area contributed by atoms with Gasteiger partial charge in [0.1, 0.15) is 23.4 Å². The van der Waals surface area contributed by atoms with Crippen LogP contribution < -0.4 is 9.47 Å². The van der Waals surface area contributed by atoms with Crippen LogP contribution in [0.4, 0.5) is 4.39 Å². The third-order valence-corrected chi connectivity index (χ3v) is 3.68. The summed E-state index contributed by atoms with van der Waals surface area (Å²) >= 11 is 3.26. The maximum Gasteiger partial charge on any atom is 0.128 e. The fraction of sp³-hybridized carbons (Fsp3) is 0.200. The molecule has 0 bridgehead atoms. The largest absolute Gasteiger partial charge is 0.496 e. The second-order valence-corrected chi connectivity index (χ2v) is 5.00. The van der Waals surface area contributed by atoms with Gasteiger partial charge in [0.15, 0.2) is 0 Å². The number of rotatable bonds is 4. The lowest BCUT2D eigenvalue weighted by molar-refractivity contribution is 0.208. The summed E-state index contributed by atoms with van der Waals surface area (Å²) in [5.41, 5.74) is 1.04. The fourth-order valence-corrected chi connectivity index (χ4v) is 2.60. The predicted molar refractivity (Wildman–Crippen MR) is 77.7 cm³/mol. The van der Waals surface area contributed by atoms with Gasteiger partial charge in [0.05, 0.1) is 19.8 Å². The van der Waals surface area contributed by atoms with Crippen molar-refractivity contribution in [3.05, 3.63) is 57.8 Å². The zero-order chi connectivity index (χ0) is 14.7. The molecule has 2 aromatic rings. The summed E-state index contributed by atoms with van der Waals surface area (Å²) in [6.45, 7) is 0. The lowest BCUT2D eigenvalue weighted by Crippen LogP contribution is -2.06. The quantitative estimate of drug-likeness (QED) is 0.922. The van der Waals surface area contributed by atoms with Gasteiger partial charge >= 0.3 is 0 Å². The zero-order valence-corrected chi connectivity index (χ0v) is 12.6. The highest BCUT2D eigenvalue weighted by Gasteiger charge is 2.22. The number of hydrogen-bond acceptors (Lipinski definition) is 3. The molecule has 106 valence electrons. The van der Waals surface area contributed by atoms with Crippen LogP contribution in [-0.2, 0) is 0 Å². The molecule has 0 saturated carbocycles. The van der Waals surface area contributed by atoms with Gasteiger partial charge in [-0.1, -0.05) is 28.1 Å². The van der Waals surface area contributed by atoms with Crippen molar-refractivity contribution in [1.29, 1.82) is 0 Å². The smallest absolute Gasteiger partial charge is 0.128 e. The monoisotopic (exact) mass is 340 g/mol. The van der Waals surface area contributed by atoms with Crippen molar-refractivity contribution < 1.29 is 19.0 Å². The molecule has 20 heavy (non-hydrogen) atoms. The molecule has 0 aliphatic carbocycles. The van der Waals surface area contributed by atoms with Crippen LogP contribution in [0.25, 0.3) is 0 Å². The maximum absolute atomic E-state index is 13.1. The summed E-state index contributed by atoms with van der Waals surface area (Å²) in [5, 5.41) is 10.6. The Bertz CT molecular complexity index is 594. The van der Waals surface area contributed by atoms with E-state index in [9.17, 15) is 9.50 Å². The summed E-state index contributed by atoms with van der Waals surface area (Å²) in [5.74, 6) is 0.640. The number of hydrogen-bond donors (Lipinski definition) is 1. The van der Waals surface area contributed by atoms with E-state index in [1.54, 1.807) is 18.2 Å². The van der Waals surface area contributed by atoms with Crippen LogP contribution in [0.5, 0.6) is 11.5 Å². The minimum atomic E-state index is -0.990. The van der Waals surface area contributed by atoms with Gasteiger partial charge < -0.3 is 14.6 Å². The van der Waals surface area contributed by atoms with Gasteiger partial charge in [-0.25, -0.2) is 4.39 Å². The molecule has 0 radical (unpaired) electrons. The van der Waals surface area contributed by atoms with E-state index in [-0.39, 0.29) is 5.82 Å². The number of ether oxygens (including phenoxy) is 2. The molecule has 1 atom stereocenters.